The fourth-order valence-electron chi connectivity index (χ4n) is 2.11. The Kier molecular flexibility index (Phi) is 6.23. The molecule has 120 valence electrons. The molecule has 0 unspecified atom stereocenters. The van der Waals surface area contributed by atoms with E-state index in [1.165, 1.54) is 0 Å². The zero-order valence-corrected chi connectivity index (χ0v) is 14.1. The van der Waals surface area contributed by atoms with Crippen LogP contribution in [0.2, 0.25) is 0 Å². The van der Waals surface area contributed by atoms with Crippen LogP contribution in [0.1, 0.15) is 26.3 Å². The van der Waals surface area contributed by atoms with Gasteiger partial charge in [-0.15, -0.1) is 11.8 Å². The zero-order valence-electron chi connectivity index (χ0n) is 13.3. The van der Waals surface area contributed by atoms with E-state index in [0.717, 1.165) is 10.5 Å². The van der Waals surface area contributed by atoms with E-state index in [-0.39, 0.29) is 11.8 Å². The van der Waals surface area contributed by atoms with Crippen molar-refractivity contribution < 1.29 is 9.59 Å². The molecule has 0 aliphatic rings. The maximum absolute atomic E-state index is 12.2. The lowest BCUT2D eigenvalue weighted by Crippen LogP contribution is -2.34. The van der Waals surface area contributed by atoms with Gasteiger partial charge in [0.25, 0.3) is 11.8 Å². The summed E-state index contributed by atoms with van der Waals surface area (Å²) in [5, 5.41) is 5.62. The Bertz CT molecular complexity index is 687. The first-order chi connectivity index (χ1) is 11.1. The van der Waals surface area contributed by atoms with Gasteiger partial charge in [-0.25, -0.2) is 0 Å². The molecule has 23 heavy (non-hydrogen) atoms. The van der Waals surface area contributed by atoms with Gasteiger partial charge < -0.3 is 10.6 Å². The maximum Gasteiger partial charge on any atom is 0.251 e. The Hall–Kier alpha value is -2.27. The Morgan fingerprint density at radius 2 is 1.61 bits per heavy atom. The van der Waals surface area contributed by atoms with Gasteiger partial charge in [0.2, 0.25) is 0 Å². The van der Waals surface area contributed by atoms with Crippen LogP contribution in [0.25, 0.3) is 0 Å². The van der Waals surface area contributed by atoms with Crippen LogP contribution in [0.4, 0.5) is 0 Å². The zero-order chi connectivity index (χ0) is 16.7. The van der Waals surface area contributed by atoms with Crippen LogP contribution in [0.15, 0.2) is 53.4 Å². The summed E-state index contributed by atoms with van der Waals surface area (Å²) in [5.41, 5.74) is 2.22. The number of hydrogen-bond acceptors (Lipinski definition) is 3. The van der Waals surface area contributed by atoms with Crippen molar-refractivity contribution in [1.82, 2.24) is 10.6 Å². The molecule has 2 aromatic carbocycles. The van der Waals surface area contributed by atoms with E-state index in [1.807, 2.05) is 49.6 Å². The summed E-state index contributed by atoms with van der Waals surface area (Å²) in [5.74, 6) is -0.257. The number of nitrogens with one attached hydrogen (secondary N) is 2. The summed E-state index contributed by atoms with van der Waals surface area (Å²) < 4.78 is 0. The van der Waals surface area contributed by atoms with E-state index in [2.05, 4.69) is 10.6 Å². The molecule has 2 N–H and O–H groups in total. The molecular weight excluding hydrogens is 308 g/mol. The second-order valence-electron chi connectivity index (χ2n) is 5.06. The van der Waals surface area contributed by atoms with E-state index in [1.54, 1.807) is 23.9 Å². The molecule has 2 aromatic rings. The molecule has 0 saturated carbocycles. The molecule has 4 nitrogen and oxygen atoms in total. The number of hydrogen-bond donors (Lipinski definition) is 2. The topological polar surface area (TPSA) is 58.2 Å². The van der Waals surface area contributed by atoms with Crippen molar-refractivity contribution in [1.29, 1.82) is 0 Å². The summed E-state index contributed by atoms with van der Waals surface area (Å²) >= 11 is 1.60. The fraction of sp³-hybridized carbons (Fsp3) is 0.222. The SMILES string of the molecule is CSc1ccc(C)c(C(=O)NCCNC(=O)c2ccccc2)c1. The monoisotopic (exact) mass is 328 g/mol. The normalized spacial score (nSPS) is 10.2. The van der Waals surface area contributed by atoms with Gasteiger partial charge in [-0.3, -0.25) is 9.59 Å². The first kappa shape index (κ1) is 17.1. The third-order valence-corrected chi connectivity index (χ3v) is 4.15. The molecule has 0 fully saturated rings. The van der Waals surface area contributed by atoms with Gasteiger partial charge in [0.1, 0.15) is 0 Å². The van der Waals surface area contributed by atoms with Crippen molar-refractivity contribution >= 4 is 23.6 Å². The van der Waals surface area contributed by atoms with Crippen LogP contribution in [-0.4, -0.2) is 31.2 Å². The Morgan fingerprint density at radius 3 is 2.26 bits per heavy atom. The predicted octanol–water partition coefficient (Wildman–Crippen LogP) is 2.88. The maximum atomic E-state index is 12.2. The highest BCUT2D eigenvalue weighted by Gasteiger charge is 2.09. The molecule has 2 rings (SSSR count). The van der Waals surface area contributed by atoms with Crippen molar-refractivity contribution in [2.75, 3.05) is 19.3 Å². The van der Waals surface area contributed by atoms with Crippen molar-refractivity contribution in [3.8, 4) is 0 Å². The molecule has 0 saturated heterocycles. The minimum atomic E-state index is -0.139. The van der Waals surface area contributed by atoms with Crippen LogP contribution in [-0.2, 0) is 0 Å². The van der Waals surface area contributed by atoms with E-state index in [9.17, 15) is 9.59 Å². The van der Waals surface area contributed by atoms with Gasteiger partial charge in [0.05, 0.1) is 0 Å². The molecule has 5 heteroatoms. The van der Waals surface area contributed by atoms with Crippen LogP contribution in [0.3, 0.4) is 0 Å². The average molecular weight is 328 g/mol. The van der Waals surface area contributed by atoms with Crippen LogP contribution in [0.5, 0.6) is 0 Å². The number of amides is 2. The summed E-state index contributed by atoms with van der Waals surface area (Å²) in [7, 11) is 0. The predicted molar refractivity (Wildman–Crippen MR) is 94.1 cm³/mol. The van der Waals surface area contributed by atoms with Crippen LogP contribution >= 0.6 is 11.8 Å². The Balaban J connectivity index is 1.82. The number of carbonyl (C=O) groups is 2. The number of carbonyl (C=O) groups excluding carboxylic acids is 2. The first-order valence-electron chi connectivity index (χ1n) is 7.38. The lowest BCUT2D eigenvalue weighted by molar-refractivity contribution is 0.0927. The van der Waals surface area contributed by atoms with Gasteiger partial charge in [0.15, 0.2) is 0 Å². The van der Waals surface area contributed by atoms with E-state index in [4.69, 9.17) is 0 Å². The number of aryl methyl sites for hydroxylation is 1. The number of rotatable bonds is 6. The molecule has 0 heterocycles. The third kappa shape index (κ3) is 4.86. The molecule has 0 aromatic heterocycles. The minimum Gasteiger partial charge on any atom is -0.350 e. The molecule has 0 radical (unpaired) electrons. The quantitative estimate of drug-likeness (QED) is 0.633. The van der Waals surface area contributed by atoms with Crippen molar-refractivity contribution in [2.45, 2.75) is 11.8 Å². The molecule has 0 bridgehead atoms. The highest BCUT2D eigenvalue weighted by Crippen LogP contribution is 2.18. The van der Waals surface area contributed by atoms with E-state index < -0.39 is 0 Å². The molecule has 0 aliphatic carbocycles. The van der Waals surface area contributed by atoms with Crippen molar-refractivity contribution in [3.63, 3.8) is 0 Å². The summed E-state index contributed by atoms with van der Waals surface area (Å²) in [6.07, 6.45) is 1.98. The standard InChI is InChI=1S/C18H20N2O2S/c1-13-8-9-15(23-2)12-16(13)18(22)20-11-10-19-17(21)14-6-4-3-5-7-14/h3-9,12H,10-11H2,1-2H3,(H,19,21)(H,20,22). The minimum absolute atomic E-state index is 0.118. The second kappa shape index (κ2) is 8.39. The third-order valence-electron chi connectivity index (χ3n) is 3.42. The van der Waals surface area contributed by atoms with Gasteiger partial charge in [-0.1, -0.05) is 24.3 Å². The fourth-order valence-corrected chi connectivity index (χ4v) is 2.55. The van der Waals surface area contributed by atoms with Crippen molar-refractivity contribution in [2.24, 2.45) is 0 Å². The van der Waals surface area contributed by atoms with Gasteiger partial charge >= 0.3 is 0 Å². The average Bonchev–Trinajstić information content (AvgIpc) is 2.59. The number of benzene rings is 2. The highest BCUT2D eigenvalue weighted by atomic mass is 32.2. The smallest absolute Gasteiger partial charge is 0.251 e. The molecule has 0 aliphatic heterocycles. The molecular formula is C18H20N2O2S. The van der Waals surface area contributed by atoms with Gasteiger partial charge in [0, 0.05) is 29.1 Å². The molecule has 0 atom stereocenters. The van der Waals surface area contributed by atoms with Gasteiger partial charge in [-0.05, 0) is 43.0 Å². The van der Waals surface area contributed by atoms with Crippen LogP contribution in [0, 0.1) is 6.92 Å². The lowest BCUT2D eigenvalue weighted by atomic mass is 10.1. The van der Waals surface area contributed by atoms with E-state index >= 15 is 0 Å². The summed E-state index contributed by atoms with van der Waals surface area (Å²) in [6.45, 7) is 2.69. The first-order valence-corrected chi connectivity index (χ1v) is 8.60. The lowest BCUT2D eigenvalue weighted by Gasteiger charge is -2.10. The molecule has 0 spiro atoms. The van der Waals surface area contributed by atoms with Crippen molar-refractivity contribution in [3.05, 3.63) is 65.2 Å². The Labute approximate surface area is 140 Å². The highest BCUT2D eigenvalue weighted by molar-refractivity contribution is 7.98. The van der Waals surface area contributed by atoms with Crippen LogP contribution < -0.4 is 10.6 Å². The number of thioether (sulfide) groups is 1. The largest absolute Gasteiger partial charge is 0.350 e. The summed E-state index contributed by atoms with van der Waals surface area (Å²) in [4.78, 5) is 25.1. The van der Waals surface area contributed by atoms with Gasteiger partial charge in [-0.2, -0.15) is 0 Å². The molecule has 2 amide bonds. The van der Waals surface area contributed by atoms with E-state index in [0.29, 0.717) is 24.2 Å². The summed E-state index contributed by atoms with van der Waals surface area (Å²) in [6, 6.07) is 14.8. The Morgan fingerprint density at radius 1 is 0.957 bits per heavy atom. The second-order valence-corrected chi connectivity index (χ2v) is 5.94.